The van der Waals surface area contributed by atoms with E-state index in [0.29, 0.717) is 15.9 Å². The molecule has 1 amide bonds. The summed E-state index contributed by atoms with van der Waals surface area (Å²) in [4.78, 5) is 12.1. The zero-order chi connectivity index (χ0) is 17.6. The molecule has 0 bridgehead atoms. The standard InChI is InChI=1S/C17H13ClFN3OS2/c18-14-4-2-1-3-12(14)9-15(23)20-16-21-22-17(25-16)24-10-11-5-7-13(19)8-6-11/h1-8H,9-10H2,(H,20,21,23). The number of carbonyl (C=O) groups is 1. The van der Waals surface area contributed by atoms with Crippen molar-refractivity contribution in [2.24, 2.45) is 0 Å². The Morgan fingerprint density at radius 3 is 2.68 bits per heavy atom. The quantitative estimate of drug-likeness (QED) is 0.482. The van der Waals surface area contributed by atoms with Crippen molar-refractivity contribution < 1.29 is 9.18 Å². The summed E-state index contributed by atoms with van der Waals surface area (Å²) in [6, 6.07) is 13.5. The Balaban J connectivity index is 1.53. The Hall–Kier alpha value is -1.96. The van der Waals surface area contributed by atoms with Crippen LogP contribution in [0, 0.1) is 5.82 Å². The number of aromatic nitrogens is 2. The van der Waals surface area contributed by atoms with E-state index < -0.39 is 0 Å². The highest BCUT2D eigenvalue weighted by molar-refractivity contribution is 8.00. The lowest BCUT2D eigenvalue weighted by molar-refractivity contribution is -0.115. The van der Waals surface area contributed by atoms with Gasteiger partial charge >= 0.3 is 0 Å². The molecule has 0 aliphatic carbocycles. The fraction of sp³-hybridized carbons (Fsp3) is 0.118. The van der Waals surface area contributed by atoms with E-state index in [1.165, 1.54) is 35.2 Å². The second kappa shape index (κ2) is 8.42. The number of nitrogens with zero attached hydrogens (tertiary/aromatic N) is 2. The van der Waals surface area contributed by atoms with Crippen LogP contribution in [0.4, 0.5) is 9.52 Å². The predicted octanol–water partition coefficient (Wildman–Crippen LogP) is 4.80. The van der Waals surface area contributed by atoms with Crippen molar-refractivity contribution >= 4 is 45.7 Å². The van der Waals surface area contributed by atoms with Gasteiger partial charge in [-0.3, -0.25) is 4.79 Å². The van der Waals surface area contributed by atoms with Gasteiger partial charge in [-0.2, -0.15) is 0 Å². The molecule has 0 aliphatic heterocycles. The summed E-state index contributed by atoms with van der Waals surface area (Å²) in [6.07, 6.45) is 0.178. The maximum atomic E-state index is 12.9. The van der Waals surface area contributed by atoms with Crippen LogP contribution in [0.5, 0.6) is 0 Å². The number of anilines is 1. The molecule has 0 radical (unpaired) electrons. The second-order valence-electron chi connectivity index (χ2n) is 5.10. The number of amides is 1. The normalized spacial score (nSPS) is 10.6. The van der Waals surface area contributed by atoms with Crippen LogP contribution in [0.15, 0.2) is 52.9 Å². The fourth-order valence-corrected chi connectivity index (χ4v) is 3.95. The summed E-state index contributed by atoms with van der Waals surface area (Å²) in [5.74, 6) is 0.204. The first-order valence-corrected chi connectivity index (χ1v) is 9.52. The van der Waals surface area contributed by atoms with E-state index >= 15 is 0 Å². The number of carbonyl (C=O) groups excluding carboxylic acids is 1. The highest BCUT2D eigenvalue weighted by Crippen LogP contribution is 2.28. The zero-order valence-electron chi connectivity index (χ0n) is 12.9. The summed E-state index contributed by atoms with van der Waals surface area (Å²) in [7, 11) is 0. The maximum absolute atomic E-state index is 12.9. The monoisotopic (exact) mass is 393 g/mol. The Bertz CT molecular complexity index is 870. The Morgan fingerprint density at radius 1 is 1.16 bits per heavy atom. The van der Waals surface area contributed by atoms with Crippen LogP contribution in [0.3, 0.4) is 0 Å². The summed E-state index contributed by atoms with van der Waals surface area (Å²) < 4.78 is 13.6. The van der Waals surface area contributed by atoms with E-state index in [2.05, 4.69) is 15.5 Å². The predicted molar refractivity (Wildman–Crippen MR) is 99.7 cm³/mol. The van der Waals surface area contributed by atoms with Gasteiger partial charge in [-0.05, 0) is 29.3 Å². The summed E-state index contributed by atoms with van der Waals surface area (Å²) in [6.45, 7) is 0. The molecule has 1 heterocycles. The van der Waals surface area contributed by atoms with Gasteiger partial charge in [0.15, 0.2) is 4.34 Å². The average Bonchev–Trinajstić information content (AvgIpc) is 3.04. The van der Waals surface area contributed by atoms with Crippen molar-refractivity contribution in [1.29, 1.82) is 0 Å². The highest BCUT2D eigenvalue weighted by atomic mass is 35.5. The molecule has 3 aromatic rings. The third-order valence-corrected chi connectivity index (χ3v) is 5.65. The molecule has 1 N–H and O–H groups in total. The van der Waals surface area contributed by atoms with E-state index in [9.17, 15) is 9.18 Å². The maximum Gasteiger partial charge on any atom is 0.230 e. The van der Waals surface area contributed by atoms with Gasteiger partial charge in [0.1, 0.15) is 5.82 Å². The SMILES string of the molecule is O=C(Cc1ccccc1Cl)Nc1nnc(SCc2ccc(F)cc2)s1. The van der Waals surface area contributed by atoms with Gasteiger partial charge in [-0.15, -0.1) is 10.2 Å². The van der Waals surface area contributed by atoms with Crippen LogP contribution < -0.4 is 5.32 Å². The largest absolute Gasteiger partial charge is 0.300 e. The van der Waals surface area contributed by atoms with Gasteiger partial charge in [-0.1, -0.05) is 65.0 Å². The van der Waals surface area contributed by atoms with Crippen LogP contribution in [-0.2, 0) is 17.0 Å². The lowest BCUT2D eigenvalue weighted by Crippen LogP contribution is -2.14. The van der Waals surface area contributed by atoms with Gasteiger partial charge in [0.25, 0.3) is 0 Å². The second-order valence-corrected chi connectivity index (χ2v) is 7.71. The molecule has 4 nitrogen and oxygen atoms in total. The number of rotatable bonds is 6. The number of benzene rings is 2. The molecule has 0 aliphatic rings. The van der Waals surface area contributed by atoms with Gasteiger partial charge < -0.3 is 5.32 Å². The molecule has 128 valence electrons. The van der Waals surface area contributed by atoms with Crippen molar-refractivity contribution in [3.8, 4) is 0 Å². The number of hydrogen-bond donors (Lipinski definition) is 1. The summed E-state index contributed by atoms with van der Waals surface area (Å²) in [5, 5.41) is 11.7. The van der Waals surface area contributed by atoms with Crippen molar-refractivity contribution in [1.82, 2.24) is 10.2 Å². The van der Waals surface area contributed by atoms with Crippen molar-refractivity contribution in [3.05, 3.63) is 70.5 Å². The van der Waals surface area contributed by atoms with Crippen LogP contribution in [0.25, 0.3) is 0 Å². The number of hydrogen-bond acceptors (Lipinski definition) is 5. The smallest absolute Gasteiger partial charge is 0.230 e. The molecule has 0 spiro atoms. The van der Waals surface area contributed by atoms with Crippen molar-refractivity contribution in [2.45, 2.75) is 16.5 Å². The first-order chi connectivity index (χ1) is 12.1. The molecule has 1 aromatic heterocycles. The Morgan fingerprint density at radius 2 is 1.92 bits per heavy atom. The lowest BCUT2D eigenvalue weighted by Gasteiger charge is -2.03. The van der Waals surface area contributed by atoms with E-state index in [1.807, 2.05) is 18.2 Å². The van der Waals surface area contributed by atoms with E-state index in [0.717, 1.165) is 15.5 Å². The van der Waals surface area contributed by atoms with Gasteiger partial charge in [-0.25, -0.2) is 4.39 Å². The molecular formula is C17H13ClFN3OS2. The molecule has 0 saturated heterocycles. The summed E-state index contributed by atoms with van der Waals surface area (Å²) >= 11 is 8.84. The van der Waals surface area contributed by atoms with E-state index in [-0.39, 0.29) is 18.1 Å². The van der Waals surface area contributed by atoms with Gasteiger partial charge in [0, 0.05) is 10.8 Å². The van der Waals surface area contributed by atoms with Crippen LogP contribution in [0.1, 0.15) is 11.1 Å². The Labute approximate surface area is 157 Å². The first-order valence-electron chi connectivity index (χ1n) is 7.34. The van der Waals surface area contributed by atoms with E-state index in [1.54, 1.807) is 18.2 Å². The summed E-state index contributed by atoms with van der Waals surface area (Å²) in [5.41, 5.74) is 1.75. The fourth-order valence-electron chi connectivity index (χ4n) is 2.02. The zero-order valence-corrected chi connectivity index (χ0v) is 15.3. The van der Waals surface area contributed by atoms with E-state index in [4.69, 9.17) is 11.6 Å². The van der Waals surface area contributed by atoms with Crippen molar-refractivity contribution in [3.63, 3.8) is 0 Å². The van der Waals surface area contributed by atoms with Gasteiger partial charge in [0.05, 0.1) is 6.42 Å². The number of thioether (sulfide) groups is 1. The molecular weight excluding hydrogens is 381 g/mol. The average molecular weight is 394 g/mol. The number of nitrogens with one attached hydrogen (secondary N) is 1. The lowest BCUT2D eigenvalue weighted by atomic mass is 10.1. The molecule has 25 heavy (non-hydrogen) atoms. The molecule has 8 heteroatoms. The van der Waals surface area contributed by atoms with Gasteiger partial charge in [0.2, 0.25) is 11.0 Å². The van der Waals surface area contributed by atoms with Crippen LogP contribution >= 0.6 is 34.7 Å². The van der Waals surface area contributed by atoms with Crippen molar-refractivity contribution in [2.75, 3.05) is 5.32 Å². The van der Waals surface area contributed by atoms with Crippen LogP contribution in [0.2, 0.25) is 5.02 Å². The molecule has 0 saturated carbocycles. The Kier molecular flexibility index (Phi) is 6.01. The highest BCUT2D eigenvalue weighted by Gasteiger charge is 2.11. The molecule has 0 unspecified atom stereocenters. The number of halogens is 2. The third kappa shape index (κ3) is 5.26. The first kappa shape index (κ1) is 17.8. The minimum absolute atomic E-state index is 0.178. The molecule has 3 rings (SSSR count). The molecule has 2 aromatic carbocycles. The minimum Gasteiger partial charge on any atom is -0.300 e. The van der Waals surface area contributed by atoms with Crippen LogP contribution in [-0.4, -0.2) is 16.1 Å². The molecule has 0 atom stereocenters. The topological polar surface area (TPSA) is 54.9 Å². The third-order valence-electron chi connectivity index (χ3n) is 3.24. The molecule has 0 fully saturated rings. The minimum atomic E-state index is -0.256.